The number of carboxylic acid groups (broad SMARTS) is 1. The summed E-state index contributed by atoms with van der Waals surface area (Å²) in [6.07, 6.45) is -3.13. The smallest absolute Gasteiger partial charge is 0.475 e. The molecule has 32 heavy (non-hydrogen) atoms. The van der Waals surface area contributed by atoms with Gasteiger partial charge in [0, 0.05) is 41.7 Å². The minimum Gasteiger partial charge on any atom is -0.475 e. The number of hydrogen-bond donors (Lipinski definition) is 2. The van der Waals surface area contributed by atoms with Crippen molar-refractivity contribution in [2.45, 2.75) is 18.3 Å². The number of hydrogen-bond acceptors (Lipinski definition) is 5. The number of fused-ring (bicyclic) bond motifs is 2. The van der Waals surface area contributed by atoms with Crippen LogP contribution < -0.4 is 0 Å². The van der Waals surface area contributed by atoms with E-state index in [1.807, 2.05) is 49.5 Å². The number of amides is 1. The first-order valence-electron chi connectivity index (χ1n) is 10.1. The lowest BCUT2D eigenvalue weighted by Crippen LogP contribution is -2.38. The van der Waals surface area contributed by atoms with E-state index in [4.69, 9.17) is 19.4 Å². The zero-order valence-corrected chi connectivity index (χ0v) is 17.8. The number of alkyl halides is 3. The Morgan fingerprint density at radius 2 is 2.00 bits per heavy atom. The number of aromatic amines is 1. The van der Waals surface area contributed by atoms with Crippen LogP contribution in [0.1, 0.15) is 10.4 Å². The summed E-state index contributed by atoms with van der Waals surface area (Å²) >= 11 is 0. The van der Waals surface area contributed by atoms with Crippen molar-refractivity contribution in [2.75, 3.05) is 47.0 Å². The number of nitrogens with zero attached hydrogens (tertiary/aromatic N) is 2. The van der Waals surface area contributed by atoms with E-state index in [0.29, 0.717) is 26.4 Å². The van der Waals surface area contributed by atoms with Crippen LogP contribution in [-0.2, 0) is 14.3 Å². The van der Waals surface area contributed by atoms with Gasteiger partial charge < -0.3 is 29.4 Å². The summed E-state index contributed by atoms with van der Waals surface area (Å²) in [5, 5.41) is 8.18. The van der Waals surface area contributed by atoms with E-state index in [0.717, 1.165) is 23.0 Å². The number of aromatic nitrogens is 1. The molecular formula is C21H26F3N3O5. The van der Waals surface area contributed by atoms with Crippen molar-refractivity contribution >= 4 is 22.8 Å². The number of ether oxygens (including phenoxy) is 2. The van der Waals surface area contributed by atoms with Gasteiger partial charge in [0.25, 0.3) is 5.91 Å². The van der Waals surface area contributed by atoms with E-state index in [1.54, 1.807) is 0 Å². The fourth-order valence-corrected chi connectivity index (χ4v) is 3.85. The lowest BCUT2D eigenvalue weighted by molar-refractivity contribution is -0.192. The molecule has 2 aromatic rings. The molecule has 2 aliphatic rings. The zero-order valence-electron chi connectivity index (χ0n) is 17.8. The molecule has 0 unspecified atom stereocenters. The predicted molar refractivity (Wildman–Crippen MR) is 109 cm³/mol. The van der Waals surface area contributed by atoms with Crippen molar-refractivity contribution in [3.05, 3.63) is 36.0 Å². The predicted octanol–water partition coefficient (Wildman–Crippen LogP) is 2.22. The van der Waals surface area contributed by atoms with Gasteiger partial charge in [-0.25, -0.2) is 4.79 Å². The van der Waals surface area contributed by atoms with E-state index in [1.165, 1.54) is 0 Å². The van der Waals surface area contributed by atoms with E-state index in [-0.39, 0.29) is 24.0 Å². The van der Waals surface area contributed by atoms with Crippen LogP contribution in [0.2, 0.25) is 0 Å². The van der Waals surface area contributed by atoms with Crippen LogP contribution in [-0.4, -0.2) is 97.1 Å². The van der Waals surface area contributed by atoms with Crippen LogP contribution in [0, 0.1) is 5.92 Å². The molecule has 1 aromatic carbocycles. The van der Waals surface area contributed by atoms with Crippen molar-refractivity contribution in [3.8, 4) is 0 Å². The molecule has 1 aromatic heterocycles. The van der Waals surface area contributed by atoms with Gasteiger partial charge in [-0.05, 0) is 38.4 Å². The topological polar surface area (TPSA) is 95.1 Å². The molecule has 2 saturated heterocycles. The van der Waals surface area contributed by atoms with E-state index >= 15 is 0 Å². The quantitative estimate of drug-likeness (QED) is 0.715. The Kier molecular flexibility index (Phi) is 7.42. The summed E-state index contributed by atoms with van der Waals surface area (Å²) in [7, 11) is 4.07. The van der Waals surface area contributed by atoms with Gasteiger partial charge in [-0.2, -0.15) is 13.2 Å². The average Bonchev–Trinajstić information content (AvgIpc) is 3.43. The molecule has 2 aliphatic heterocycles. The first-order valence-corrected chi connectivity index (χ1v) is 10.1. The summed E-state index contributed by atoms with van der Waals surface area (Å²) < 4.78 is 43.5. The molecule has 0 saturated carbocycles. The first-order chi connectivity index (χ1) is 15.1. The lowest BCUT2D eigenvalue weighted by atomic mass is 10.0. The summed E-state index contributed by atoms with van der Waals surface area (Å²) in [4.78, 5) is 29.2. The average molecular weight is 457 g/mol. The Morgan fingerprint density at radius 1 is 1.28 bits per heavy atom. The first kappa shape index (κ1) is 24.0. The molecule has 3 heterocycles. The monoisotopic (exact) mass is 457 g/mol. The molecule has 0 bridgehead atoms. The molecule has 176 valence electrons. The third kappa shape index (κ3) is 5.59. The Hall–Kier alpha value is -2.63. The number of halogens is 3. The number of carboxylic acids is 1. The number of aliphatic carboxylic acids is 1. The number of benzene rings is 1. The second-order valence-electron chi connectivity index (χ2n) is 8.02. The highest BCUT2D eigenvalue weighted by atomic mass is 19.4. The maximum atomic E-state index is 13.1. The molecule has 11 heteroatoms. The number of likely N-dealkylation sites (N-methyl/N-ethyl adjacent to an activating group) is 1. The fourth-order valence-electron chi connectivity index (χ4n) is 3.85. The van der Waals surface area contributed by atoms with Crippen LogP contribution in [0.5, 0.6) is 0 Å². The molecule has 0 aliphatic carbocycles. The molecule has 1 amide bonds. The van der Waals surface area contributed by atoms with Gasteiger partial charge in [-0.1, -0.05) is 0 Å². The summed E-state index contributed by atoms with van der Waals surface area (Å²) in [5.41, 5.74) is 1.77. The summed E-state index contributed by atoms with van der Waals surface area (Å²) in [6, 6.07) is 7.93. The number of likely N-dealkylation sites (tertiary alicyclic amines) is 1. The van der Waals surface area contributed by atoms with Crippen molar-refractivity contribution in [2.24, 2.45) is 5.92 Å². The lowest BCUT2D eigenvalue weighted by Gasteiger charge is -2.22. The Labute approximate surface area is 182 Å². The maximum absolute atomic E-state index is 13.1. The third-order valence-electron chi connectivity index (χ3n) is 5.52. The van der Waals surface area contributed by atoms with Gasteiger partial charge in [0.15, 0.2) is 0 Å². The van der Waals surface area contributed by atoms with Gasteiger partial charge in [0.1, 0.15) is 0 Å². The Bertz CT molecular complexity index is 946. The standard InChI is InChI=1S/C19H25N3O3.C2HF3O2/c1-21(2)7-8-25-18-10-22(17-12-24-11-15(17)18)19(23)14-3-4-16-13(9-14)5-6-20-16;3-2(4,5)1(6)7/h3-6,9,15,17-18,20H,7-8,10-12H2,1-2H3;(H,6,7)/t15-,17+,18-;/m0./s1. The minimum atomic E-state index is -5.08. The number of nitrogens with one attached hydrogen (secondary N) is 1. The van der Waals surface area contributed by atoms with Crippen molar-refractivity contribution < 1.29 is 37.3 Å². The van der Waals surface area contributed by atoms with Gasteiger partial charge in [0.2, 0.25) is 0 Å². The second kappa shape index (κ2) is 9.88. The van der Waals surface area contributed by atoms with Crippen LogP contribution in [0.25, 0.3) is 10.9 Å². The van der Waals surface area contributed by atoms with Gasteiger partial charge in [-0.15, -0.1) is 0 Å². The van der Waals surface area contributed by atoms with Crippen molar-refractivity contribution in [1.82, 2.24) is 14.8 Å². The van der Waals surface area contributed by atoms with Crippen molar-refractivity contribution in [3.63, 3.8) is 0 Å². The molecule has 2 N–H and O–H groups in total. The molecule has 4 rings (SSSR count). The highest BCUT2D eigenvalue weighted by molar-refractivity contribution is 5.98. The molecule has 3 atom stereocenters. The Morgan fingerprint density at radius 3 is 2.66 bits per heavy atom. The molecule has 2 fully saturated rings. The molecule has 8 nitrogen and oxygen atoms in total. The number of carbonyl (C=O) groups is 2. The molecule has 0 spiro atoms. The van der Waals surface area contributed by atoms with Crippen LogP contribution in [0.4, 0.5) is 13.2 Å². The minimum absolute atomic E-state index is 0.0624. The fraction of sp³-hybridized carbons (Fsp3) is 0.524. The summed E-state index contributed by atoms with van der Waals surface area (Å²) in [5.74, 6) is -2.41. The third-order valence-corrected chi connectivity index (χ3v) is 5.52. The highest BCUT2D eigenvalue weighted by Gasteiger charge is 2.48. The van der Waals surface area contributed by atoms with E-state index in [2.05, 4.69) is 9.88 Å². The number of rotatable bonds is 5. The van der Waals surface area contributed by atoms with E-state index < -0.39 is 12.1 Å². The maximum Gasteiger partial charge on any atom is 0.490 e. The number of carbonyl (C=O) groups excluding carboxylic acids is 1. The van der Waals surface area contributed by atoms with Gasteiger partial charge in [-0.3, -0.25) is 4.79 Å². The summed E-state index contributed by atoms with van der Waals surface area (Å²) in [6.45, 7) is 3.50. The van der Waals surface area contributed by atoms with Crippen LogP contribution >= 0.6 is 0 Å². The van der Waals surface area contributed by atoms with Gasteiger partial charge in [0.05, 0.1) is 32.0 Å². The highest BCUT2D eigenvalue weighted by Crippen LogP contribution is 2.33. The SMILES string of the molecule is CN(C)CCO[C@H]1CN(C(=O)c2ccc3[nH]ccc3c2)[C@@H]2COC[C@H]12.O=C(O)C(F)(F)F. The van der Waals surface area contributed by atoms with Crippen LogP contribution in [0.3, 0.4) is 0 Å². The van der Waals surface area contributed by atoms with Gasteiger partial charge >= 0.3 is 12.1 Å². The van der Waals surface area contributed by atoms with Crippen LogP contribution in [0.15, 0.2) is 30.5 Å². The number of H-pyrrole nitrogens is 1. The molecular weight excluding hydrogens is 431 g/mol. The van der Waals surface area contributed by atoms with Crippen molar-refractivity contribution in [1.29, 1.82) is 0 Å². The van der Waals surface area contributed by atoms with E-state index in [9.17, 15) is 18.0 Å². The zero-order chi connectivity index (χ0) is 23.5. The molecule has 0 radical (unpaired) electrons. The Balaban J connectivity index is 0.000000360. The largest absolute Gasteiger partial charge is 0.490 e. The normalized spacial score (nSPS) is 22.7. The second-order valence-corrected chi connectivity index (χ2v) is 8.02.